The molecule has 0 bridgehead atoms. The topological polar surface area (TPSA) is 37.8 Å². The molecule has 3 nitrogen and oxygen atoms in total. The van der Waals surface area contributed by atoms with Crippen molar-refractivity contribution in [2.45, 2.75) is 53.0 Å². The highest BCUT2D eigenvalue weighted by molar-refractivity contribution is 7.14. The van der Waals surface area contributed by atoms with Gasteiger partial charge in [-0.15, -0.1) is 11.3 Å². The van der Waals surface area contributed by atoms with Crippen LogP contribution in [0.2, 0.25) is 0 Å². The number of hydrogen-bond donors (Lipinski definition) is 1. The summed E-state index contributed by atoms with van der Waals surface area (Å²) in [6.45, 7) is 11.8. The summed E-state index contributed by atoms with van der Waals surface area (Å²) < 4.78 is 0. The summed E-state index contributed by atoms with van der Waals surface area (Å²) in [4.78, 5) is 10.5. The van der Waals surface area contributed by atoms with Crippen LogP contribution in [0.4, 0.5) is 5.69 Å². The van der Waals surface area contributed by atoms with Crippen LogP contribution in [0.5, 0.6) is 0 Å². The lowest BCUT2D eigenvalue weighted by molar-refractivity contribution is 0.831. The van der Waals surface area contributed by atoms with Crippen LogP contribution >= 0.6 is 11.3 Å². The molecule has 0 aliphatic rings. The fraction of sp³-hybridized carbons (Fsp3) is 0.364. The van der Waals surface area contributed by atoms with Crippen molar-refractivity contribution in [2.75, 3.05) is 5.32 Å². The molecule has 0 saturated heterocycles. The number of rotatable bonds is 6. The van der Waals surface area contributed by atoms with Crippen LogP contribution in [-0.4, -0.2) is 9.97 Å². The van der Waals surface area contributed by atoms with Gasteiger partial charge in [0, 0.05) is 16.8 Å². The Labute approximate surface area is 160 Å². The number of benzene rings is 1. The normalized spacial score (nSPS) is 11.3. The Bertz CT molecular complexity index is 854. The number of nitrogens with zero attached hydrogens (tertiary/aromatic N) is 2. The van der Waals surface area contributed by atoms with E-state index in [0.717, 1.165) is 16.4 Å². The number of nitrogens with one attached hydrogen (secondary N) is 1. The van der Waals surface area contributed by atoms with Gasteiger partial charge in [0.25, 0.3) is 0 Å². The highest BCUT2D eigenvalue weighted by atomic mass is 32.1. The van der Waals surface area contributed by atoms with Gasteiger partial charge in [-0.2, -0.15) is 0 Å². The third kappa shape index (κ3) is 4.13. The SMILES string of the molecule is Cc1cnc(-c2cccc(CNc3c(C(C)C)cccc3C(C)C)n2)s1. The molecule has 0 unspecified atom stereocenters. The van der Waals surface area contributed by atoms with E-state index >= 15 is 0 Å². The van der Waals surface area contributed by atoms with Crippen molar-refractivity contribution in [3.8, 4) is 10.7 Å². The minimum Gasteiger partial charge on any atom is -0.379 e. The molecule has 136 valence electrons. The number of thiazole rings is 1. The Balaban J connectivity index is 1.86. The fourth-order valence-corrected chi connectivity index (χ4v) is 3.84. The van der Waals surface area contributed by atoms with Gasteiger partial charge < -0.3 is 5.32 Å². The molecule has 0 fully saturated rings. The lowest BCUT2D eigenvalue weighted by Crippen LogP contribution is -2.08. The van der Waals surface area contributed by atoms with Crippen LogP contribution < -0.4 is 5.32 Å². The van der Waals surface area contributed by atoms with E-state index in [2.05, 4.69) is 75.3 Å². The number of hydrogen-bond acceptors (Lipinski definition) is 4. The molecule has 0 aliphatic heterocycles. The van der Waals surface area contributed by atoms with Gasteiger partial charge in [-0.05, 0) is 42.0 Å². The zero-order valence-electron chi connectivity index (χ0n) is 16.2. The van der Waals surface area contributed by atoms with Crippen molar-refractivity contribution < 1.29 is 0 Å². The van der Waals surface area contributed by atoms with E-state index in [1.807, 2.05) is 12.3 Å². The largest absolute Gasteiger partial charge is 0.379 e. The number of aromatic nitrogens is 2. The standard InChI is InChI=1S/C22H27N3S/c1-14(2)18-9-7-10-19(15(3)4)21(18)23-13-17-8-6-11-20(25-17)22-24-12-16(5)26-22/h6-12,14-15,23H,13H2,1-5H3. The molecule has 0 atom stereocenters. The number of para-hydroxylation sites is 1. The van der Waals surface area contributed by atoms with Crippen LogP contribution in [0.25, 0.3) is 10.7 Å². The monoisotopic (exact) mass is 365 g/mol. The van der Waals surface area contributed by atoms with E-state index in [-0.39, 0.29) is 0 Å². The molecule has 3 rings (SSSR count). The third-order valence-electron chi connectivity index (χ3n) is 4.47. The first-order valence-electron chi connectivity index (χ1n) is 9.21. The van der Waals surface area contributed by atoms with Gasteiger partial charge in [0.1, 0.15) is 5.01 Å². The first-order chi connectivity index (χ1) is 12.5. The molecule has 1 aromatic carbocycles. The first-order valence-corrected chi connectivity index (χ1v) is 10.0. The van der Waals surface area contributed by atoms with Crippen LogP contribution in [0.3, 0.4) is 0 Å². The molecule has 0 spiro atoms. The summed E-state index contributed by atoms with van der Waals surface area (Å²) >= 11 is 1.68. The van der Waals surface area contributed by atoms with Crippen molar-refractivity contribution in [1.29, 1.82) is 0 Å². The van der Waals surface area contributed by atoms with Crippen molar-refractivity contribution in [3.63, 3.8) is 0 Å². The zero-order valence-corrected chi connectivity index (χ0v) is 17.0. The summed E-state index contributed by atoms with van der Waals surface area (Å²) in [5, 5.41) is 4.65. The highest BCUT2D eigenvalue weighted by Gasteiger charge is 2.14. The minimum atomic E-state index is 0.480. The summed E-state index contributed by atoms with van der Waals surface area (Å²) in [6, 6.07) is 12.8. The summed E-state index contributed by atoms with van der Waals surface area (Å²) in [6.07, 6.45) is 1.90. The second kappa shape index (κ2) is 8.00. The fourth-order valence-electron chi connectivity index (χ4n) is 3.10. The molecule has 26 heavy (non-hydrogen) atoms. The maximum Gasteiger partial charge on any atom is 0.142 e. The van der Waals surface area contributed by atoms with Crippen molar-refractivity contribution in [1.82, 2.24) is 9.97 Å². The van der Waals surface area contributed by atoms with E-state index in [1.165, 1.54) is 21.7 Å². The molecular weight excluding hydrogens is 338 g/mol. The molecule has 2 aromatic heterocycles. The minimum absolute atomic E-state index is 0.480. The average Bonchev–Trinajstić information content (AvgIpc) is 3.06. The number of aryl methyl sites for hydroxylation is 1. The lowest BCUT2D eigenvalue weighted by Gasteiger charge is -2.21. The number of anilines is 1. The molecule has 4 heteroatoms. The summed E-state index contributed by atoms with van der Waals surface area (Å²) in [7, 11) is 0. The van der Waals surface area contributed by atoms with Gasteiger partial charge >= 0.3 is 0 Å². The van der Waals surface area contributed by atoms with E-state index in [0.29, 0.717) is 18.4 Å². The van der Waals surface area contributed by atoms with Crippen molar-refractivity contribution >= 4 is 17.0 Å². The molecule has 0 saturated carbocycles. The van der Waals surface area contributed by atoms with Crippen LogP contribution in [0.15, 0.2) is 42.6 Å². The Hall–Kier alpha value is -2.20. The van der Waals surface area contributed by atoms with Gasteiger partial charge in [0.2, 0.25) is 0 Å². The Morgan fingerprint density at radius 3 is 2.19 bits per heavy atom. The van der Waals surface area contributed by atoms with Gasteiger partial charge in [0.05, 0.1) is 17.9 Å². The first kappa shape index (κ1) is 18.6. The Kier molecular flexibility index (Phi) is 5.72. The molecule has 0 amide bonds. The molecule has 0 aliphatic carbocycles. The smallest absolute Gasteiger partial charge is 0.142 e. The quantitative estimate of drug-likeness (QED) is 0.551. The van der Waals surface area contributed by atoms with Gasteiger partial charge in [0.15, 0.2) is 0 Å². The second-order valence-electron chi connectivity index (χ2n) is 7.26. The van der Waals surface area contributed by atoms with Gasteiger partial charge in [-0.3, -0.25) is 0 Å². The molecule has 1 N–H and O–H groups in total. The van der Waals surface area contributed by atoms with Crippen LogP contribution in [0.1, 0.15) is 61.2 Å². The predicted molar refractivity (Wildman–Crippen MR) is 112 cm³/mol. The summed E-state index contributed by atoms with van der Waals surface area (Å²) in [5.74, 6) is 0.961. The van der Waals surface area contributed by atoms with Crippen LogP contribution in [0, 0.1) is 6.92 Å². The number of pyridine rings is 1. The average molecular weight is 366 g/mol. The molecule has 3 aromatic rings. The maximum absolute atomic E-state index is 4.81. The summed E-state index contributed by atoms with van der Waals surface area (Å²) in [5.41, 5.74) is 5.97. The van der Waals surface area contributed by atoms with E-state index < -0.39 is 0 Å². The zero-order chi connectivity index (χ0) is 18.7. The Morgan fingerprint density at radius 2 is 1.62 bits per heavy atom. The van der Waals surface area contributed by atoms with E-state index in [1.54, 1.807) is 11.3 Å². The molecule has 0 radical (unpaired) electrons. The van der Waals surface area contributed by atoms with Crippen LogP contribution in [-0.2, 0) is 6.54 Å². The van der Waals surface area contributed by atoms with Gasteiger partial charge in [-0.25, -0.2) is 9.97 Å². The second-order valence-corrected chi connectivity index (χ2v) is 8.50. The van der Waals surface area contributed by atoms with E-state index in [9.17, 15) is 0 Å². The molecule has 2 heterocycles. The Morgan fingerprint density at radius 1 is 0.962 bits per heavy atom. The predicted octanol–water partition coefficient (Wildman–Crippen LogP) is 6.37. The van der Waals surface area contributed by atoms with E-state index in [4.69, 9.17) is 4.98 Å². The molecular formula is C22H27N3S. The van der Waals surface area contributed by atoms with Crippen molar-refractivity contribution in [2.24, 2.45) is 0 Å². The lowest BCUT2D eigenvalue weighted by atomic mass is 9.92. The maximum atomic E-state index is 4.81. The highest BCUT2D eigenvalue weighted by Crippen LogP contribution is 2.32. The van der Waals surface area contributed by atoms with Crippen molar-refractivity contribution in [3.05, 3.63) is 64.3 Å². The third-order valence-corrected chi connectivity index (χ3v) is 5.40. The van der Waals surface area contributed by atoms with Gasteiger partial charge in [-0.1, -0.05) is 52.0 Å².